The maximum Gasteiger partial charge on any atom is 0.171 e. The number of hydrogen-bond acceptors (Lipinski definition) is 4. The molecule has 0 aliphatic rings. The second-order valence-corrected chi connectivity index (χ2v) is 7.37. The summed E-state index contributed by atoms with van der Waals surface area (Å²) >= 11 is 0. The van der Waals surface area contributed by atoms with E-state index in [4.69, 9.17) is 0 Å². The Labute approximate surface area is 136 Å². The van der Waals surface area contributed by atoms with Crippen LogP contribution >= 0.6 is 0 Å². The van der Waals surface area contributed by atoms with Gasteiger partial charge in [-0.25, -0.2) is 8.42 Å². The van der Waals surface area contributed by atoms with Gasteiger partial charge in [-0.05, 0) is 48.6 Å². The summed E-state index contributed by atoms with van der Waals surface area (Å²) in [6.45, 7) is 0. The molecular weight excluding hydrogens is 312 g/mol. The molecule has 0 atom stereocenters. The maximum atomic E-state index is 12.0. The lowest BCUT2D eigenvalue weighted by Gasteiger charge is -2.02. The van der Waals surface area contributed by atoms with Crippen LogP contribution in [0.25, 0.3) is 6.08 Å². The SMILES string of the molecule is O=S(=O)(/C=C/c1ccc(O)c(O)c1)CCCCc1ccccc1. The summed E-state index contributed by atoms with van der Waals surface area (Å²) in [7, 11) is -3.28. The van der Waals surface area contributed by atoms with Gasteiger partial charge in [0.2, 0.25) is 0 Å². The minimum absolute atomic E-state index is 0.0976. The average Bonchev–Trinajstić information content (AvgIpc) is 2.54. The summed E-state index contributed by atoms with van der Waals surface area (Å²) in [6, 6.07) is 14.1. The van der Waals surface area contributed by atoms with Gasteiger partial charge in [-0.3, -0.25) is 0 Å². The molecule has 4 nitrogen and oxygen atoms in total. The third kappa shape index (κ3) is 5.79. The van der Waals surface area contributed by atoms with Crippen molar-refractivity contribution in [1.29, 1.82) is 0 Å². The number of phenols is 2. The number of benzene rings is 2. The van der Waals surface area contributed by atoms with E-state index < -0.39 is 9.84 Å². The number of rotatable bonds is 7. The molecule has 0 saturated carbocycles. The number of hydrogen-bond donors (Lipinski definition) is 2. The van der Waals surface area contributed by atoms with Gasteiger partial charge in [-0.2, -0.15) is 0 Å². The van der Waals surface area contributed by atoms with E-state index in [0.717, 1.165) is 18.2 Å². The zero-order valence-corrected chi connectivity index (χ0v) is 13.5. The zero-order chi connectivity index (χ0) is 16.7. The van der Waals surface area contributed by atoms with E-state index in [9.17, 15) is 18.6 Å². The third-order valence-electron chi connectivity index (χ3n) is 3.45. The van der Waals surface area contributed by atoms with Crippen molar-refractivity contribution in [1.82, 2.24) is 0 Å². The Bertz CT molecular complexity index is 765. The van der Waals surface area contributed by atoms with Crippen LogP contribution in [0.5, 0.6) is 11.5 Å². The number of unbranched alkanes of at least 4 members (excludes halogenated alkanes) is 1. The number of phenolic OH excluding ortho intramolecular Hbond substituents is 2. The molecule has 0 aromatic heterocycles. The van der Waals surface area contributed by atoms with Crippen molar-refractivity contribution in [3.05, 3.63) is 65.1 Å². The summed E-state index contributed by atoms with van der Waals surface area (Å²) in [6.07, 6.45) is 3.71. The number of aryl methyl sites for hydroxylation is 1. The molecule has 2 aromatic carbocycles. The molecule has 0 heterocycles. The van der Waals surface area contributed by atoms with Crippen LogP contribution in [-0.4, -0.2) is 24.4 Å². The van der Waals surface area contributed by atoms with Crippen LogP contribution in [0.4, 0.5) is 0 Å². The number of sulfone groups is 1. The fourth-order valence-electron chi connectivity index (χ4n) is 2.17. The first-order valence-electron chi connectivity index (χ1n) is 7.43. The predicted octanol–water partition coefficient (Wildman–Crippen LogP) is 3.51. The summed E-state index contributed by atoms with van der Waals surface area (Å²) in [5.74, 6) is -0.404. The van der Waals surface area contributed by atoms with Crippen molar-refractivity contribution in [2.45, 2.75) is 19.3 Å². The Kier molecular flexibility index (Phi) is 5.82. The molecule has 0 unspecified atom stereocenters. The fraction of sp³-hybridized carbons (Fsp3) is 0.222. The van der Waals surface area contributed by atoms with Crippen molar-refractivity contribution < 1.29 is 18.6 Å². The van der Waals surface area contributed by atoms with Crippen LogP contribution < -0.4 is 0 Å². The van der Waals surface area contributed by atoms with E-state index in [2.05, 4.69) is 0 Å². The second kappa shape index (κ2) is 7.83. The van der Waals surface area contributed by atoms with Gasteiger partial charge in [0.1, 0.15) is 0 Å². The minimum atomic E-state index is -3.28. The van der Waals surface area contributed by atoms with Crippen molar-refractivity contribution >= 4 is 15.9 Å². The van der Waals surface area contributed by atoms with E-state index in [1.807, 2.05) is 30.3 Å². The Balaban J connectivity index is 1.84. The average molecular weight is 332 g/mol. The van der Waals surface area contributed by atoms with Crippen LogP contribution in [0.1, 0.15) is 24.0 Å². The smallest absolute Gasteiger partial charge is 0.171 e. The molecule has 23 heavy (non-hydrogen) atoms. The first-order valence-corrected chi connectivity index (χ1v) is 9.14. The normalized spacial score (nSPS) is 11.8. The molecule has 0 radical (unpaired) electrons. The fourth-order valence-corrected chi connectivity index (χ4v) is 3.28. The van der Waals surface area contributed by atoms with Gasteiger partial charge in [0.05, 0.1) is 5.75 Å². The summed E-state index contributed by atoms with van der Waals surface area (Å²) in [5.41, 5.74) is 1.73. The molecular formula is C18H20O4S. The molecule has 0 aliphatic carbocycles. The van der Waals surface area contributed by atoms with E-state index >= 15 is 0 Å². The molecule has 0 aliphatic heterocycles. The molecule has 0 fully saturated rings. The monoisotopic (exact) mass is 332 g/mol. The minimum Gasteiger partial charge on any atom is -0.504 e. The van der Waals surface area contributed by atoms with Gasteiger partial charge in [0, 0.05) is 5.41 Å². The van der Waals surface area contributed by atoms with Gasteiger partial charge in [0.25, 0.3) is 0 Å². The molecule has 0 saturated heterocycles. The van der Waals surface area contributed by atoms with Crippen molar-refractivity contribution in [3.8, 4) is 11.5 Å². The first kappa shape index (κ1) is 17.1. The largest absolute Gasteiger partial charge is 0.504 e. The Morgan fingerprint density at radius 2 is 1.65 bits per heavy atom. The van der Waals surface area contributed by atoms with Crippen LogP contribution in [-0.2, 0) is 16.3 Å². The summed E-state index contributed by atoms with van der Waals surface area (Å²) < 4.78 is 23.9. The van der Waals surface area contributed by atoms with Gasteiger partial charge < -0.3 is 10.2 Å². The van der Waals surface area contributed by atoms with Crippen molar-refractivity contribution in [2.24, 2.45) is 0 Å². The maximum absolute atomic E-state index is 12.0. The molecule has 2 aromatic rings. The number of aromatic hydroxyl groups is 2. The molecule has 0 amide bonds. The predicted molar refractivity (Wildman–Crippen MR) is 92.0 cm³/mol. The molecule has 0 spiro atoms. The van der Waals surface area contributed by atoms with Crippen LogP contribution in [0.15, 0.2) is 53.9 Å². The molecule has 0 bridgehead atoms. The highest BCUT2D eigenvalue weighted by Crippen LogP contribution is 2.25. The molecule has 2 N–H and O–H groups in total. The standard InChI is InChI=1S/C18H20O4S/c19-17-10-9-16(14-18(17)20)11-13-23(21,22)12-5-4-8-15-6-2-1-3-7-15/h1-3,6-7,9-11,13-14,19-20H,4-5,8,12H2/b13-11+. The highest BCUT2D eigenvalue weighted by molar-refractivity contribution is 7.94. The van der Waals surface area contributed by atoms with E-state index in [1.54, 1.807) is 0 Å². The summed E-state index contributed by atoms with van der Waals surface area (Å²) in [4.78, 5) is 0. The second-order valence-electron chi connectivity index (χ2n) is 5.36. The quantitative estimate of drug-likeness (QED) is 0.601. The highest BCUT2D eigenvalue weighted by atomic mass is 32.2. The topological polar surface area (TPSA) is 74.6 Å². The first-order chi connectivity index (χ1) is 11.0. The van der Waals surface area contributed by atoms with Crippen LogP contribution in [0.3, 0.4) is 0 Å². The van der Waals surface area contributed by atoms with Gasteiger partial charge in [-0.1, -0.05) is 36.4 Å². The summed E-state index contributed by atoms with van der Waals surface area (Å²) in [5, 5.41) is 19.7. The highest BCUT2D eigenvalue weighted by Gasteiger charge is 2.06. The molecule has 5 heteroatoms. The Morgan fingerprint density at radius 3 is 2.35 bits per heavy atom. The van der Waals surface area contributed by atoms with Gasteiger partial charge >= 0.3 is 0 Å². The lowest BCUT2D eigenvalue weighted by Crippen LogP contribution is -2.02. The van der Waals surface area contributed by atoms with Crippen LogP contribution in [0, 0.1) is 0 Å². The molecule has 2 rings (SSSR count). The van der Waals surface area contributed by atoms with Crippen molar-refractivity contribution in [3.63, 3.8) is 0 Å². The zero-order valence-electron chi connectivity index (χ0n) is 12.7. The molecule has 122 valence electrons. The van der Waals surface area contributed by atoms with Gasteiger partial charge in [-0.15, -0.1) is 0 Å². The van der Waals surface area contributed by atoms with Crippen LogP contribution in [0.2, 0.25) is 0 Å². The lowest BCUT2D eigenvalue weighted by molar-refractivity contribution is 0.403. The lowest BCUT2D eigenvalue weighted by atomic mass is 10.1. The Hall–Kier alpha value is -2.27. The van der Waals surface area contributed by atoms with Gasteiger partial charge in [0.15, 0.2) is 21.3 Å². The van der Waals surface area contributed by atoms with E-state index in [-0.39, 0.29) is 17.3 Å². The van der Waals surface area contributed by atoms with E-state index in [0.29, 0.717) is 12.0 Å². The van der Waals surface area contributed by atoms with E-state index in [1.165, 1.54) is 29.8 Å². The third-order valence-corrected chi connectivity index (χ3v) is 4.86. The van der Waals surface area contributed by atoms with Crippen molar-refractivity contribution in [2.75, 3.05) is 5.75 Å². The Morgan fingerprint density at radius 1 is 0.913 bits per heavy atom.